The molecule has 1 N–H and O–H groups in total. The molecular weight excluding hydrogens is 188 g/mol. The minimum absolute atomic E-state index is 0.355. The van der Waals surface area contributed by atoms with E-state index in [0.29, 0.717) is 6.10 Å². The fourth-order valence-electron chi connectivity index (χ4n) is 1.73. The highest BCUT2D eigenvalue weighted by Crippen LogP contribution is 2.03. The van der Waals surface area contributed by atoms with Crippen molar-refractivity contribution < 1.29 is 4.74 Å². The van der Waals surface area contributed by atoms with Crippen LogP contribution in [0.25, 0.3) is 0 Å². The molecule has 0 aromatic heterocycles. The fourth-order valence-corrected chi connectivity index (χ4v) is 1.73. The first-order chi connectivity index (χ1) is 7.36. The molecule has 0 spiro atoms. The lowest BCUT2D eigenvalue weighted by Gasteiger charge is -2.32. The number of ether oxygens (including phenoxy) is 1. The van der Waals surface area contributed by atoms with Gasteiger partial charge in [0.05, 0.1) is 12.7 Å². The summed E-state index contributed by atoms with van der Waals surface area (Å²) in [6, 6.07) is 0. The van der Waals surface area contributed by atoms with E-state index in [0.717, 1.165) is 45.8 Å². The molecule has 0 saturated carbocycles. The molecule has 1 aliphatic rings. The average molecular weight is 210 g/mol. The van der Waals surface area contributed by atoms with Crippen LogP contribution >= 0.6 is 0 Å². The second-order valence-electron chi connectivity index (χ2n) is 3.77. The molecule has 1 rings (SSSR count). The standard InChI is InChI=1S/C12H22N2O/c1-3-5-6-7-13-10-12-11-14(4-2)8-9-15-12/h12-13H,4,6-11H2,1-2H3. The summed E-state index contributed by atoms with van der Waals surface area (Å²) in [7, 11) is 0. The third-order valence-corrected chi connectivity index (χ3v) is 2.65. The monoisotopic (exact) mass is 210 g/mol. The van der Waals surface area contributed by atoms with Gasteiger partial charge in [-0.25, -0.2) is 0 Å². The molecule has 3 nitrogen and oxygen atoms in total. The second-order valence-corrected chi connectivity index (χ2v) is 3.77. The Morgan fingerprint density at radius 2 is 2.40 bits per heavy atom. The van der Waals surface area contributed by atoms with Crippen LogP contribution in [0.1, 0.15) is 20.3 Å². The lowest BCUT2D eigenvalue weighted by molar-refractivity contribution is -0.0250. The highest BCUT2D eigenvalue weighted by molar-refractivity contribution is 4.95. The number of morpholine rings is 1. The zero-order valence-corrected chi connectivity index (χ0v) is 9.88. The molecule has 15 heavy (non-hydrogen) atoms. The molecule has 1 aliphatic heterocycles. The Morgan fingerprint density at radius 1 is 1.53 bits per heavy atom. The van der Waals surface area contributed by atoms with Gasteiger partial charge in [0.2, 0.25) is 0 Å². The predicted molar refractivity (Wildman–Crippen MR) is 62.8 cm³/mol. The first-order valence-corrected chi connectivity index (χ1v) is 5.81. The molecule has 3 heteroatoms. The van der Waals surface area contributed by atoms with Crippen molar-refractivity contribution >= 4 is 0 Å². The number of likely N-dealkylation sites (N-methyl/N-ethyl adjacent to an activating group) is 1. The van der Waals surface area contributed by atoms with Gasteiger partial charge in [-0.1, -0.05) is 6.92 Å². The number of rotatable bonds is 5. The van der Waals surface area contributed by atoms with Crippen LogP contribution in [-0.4, -0.2) is 50.3 Å². The summed E-state index contributed by atoms with van der Waals surface area (Å²) in [4.78, 5) is 2.43. The number of nitrogens with zero attached hydrogens (tertiary/aromatic N) is 1. The van der Waals surface area contributed by atoms with Gasteiger partial charge in [0.15, 0.2) is 0 Å². The molecule has 1 fully saturated rings. The number of hydrogen-bond acceptors (Lipinski definition) is 3. The molecule has 0 aromatic carbocycles. The predicted octanol–water partition coefficient (Wildman–Crippen LogP) is 0.710. The van der Waals surface area contributed by atoms with Crippen molar-refractivity contribution in [2.24, 2.45) is 0 Å². The van der Waals surface area contributed by atoms with Crippen molar-refractivity contribution in [1.82, 2.24) is 10.2 Å². The van der Waals surface area contributed by atoms with E-state index in [1.165, 1.54) is 0 Å². The van der Waals surface area contributed by atoms with Gasteiger partial charge < -0.3 is 10.1 Å². The molecule has 1 heterocycles. The van der Waals surface area contributed by atoms with E-state index in [1.54, 1.807) is 0 Å². The van der Waals surface area contributed by atoms with Gasteiger partial charge in [0.25, 0.3) is 0 Å². The zero-order valence-electron chi connectivity index (χ0n) is 9.88. The van der Waals surface area contributed by atoms with Crippen LogP contribution in [0.3, 0.4) is 0 Å². The molecule has 0 aromatic rings. The Kier molecular flexibility index (Phi) is 6.42. The van der Waals surface area contributed by atoms with Gasteiger partial charge in [0.1, 0.15) is 0 Å². The topological polar surface area (TPSA) is 24.5 Å². The molecule has 86 valence electrons. The first kappa shape index (κ1) is 12.5. The molecule has 1 unspecified atom stereocenters. The second kappa shape index (κ2) is 7.70. The molecule has 1 atom stereocenters. The van der Waals surface area contributed by atoms with Crippen molar-refractivity contribution in [3.63, 3.8) is 0 Å². The van der Waals surface area contributed by atoms with Gasteiger partial charge in [-0.3, -0.25) is 4.90 Å². The lowest BCUT2D eigenvalue weighted by Crippen LogP contribution is -2.46. The summed E-state index contributed by atoms with van der Waals surface area (Å²) >= 11 is 0. The summed E-state index contributed by atoms with van der Waals surface area (Å²) in [5, 5.41) is 3.38. The summed E-state index contributed by atoms with van der Waals surface area (Å²) < 4.78 is 5.68. The zero-order chi connectivity index (χ0) is 10.9. The van der Waals surface area contributed by atoms with Gasteiger partial charge in [-0.2, -0.15) is 0 Å². The van der Waals surface area contributed by atoms with Gasteiger partial charge in [0, 0.05) is 32.6 Å². The summed E-state index contributed by atoms with van der Waals surface area (Å²) in [5.41, 5.74) is 0. The van der Waals surface area contributed by atoms with E-state index in [1.807, 2.05) is 6.92 Å². The lowest BCUT2D eigenvalue weighted by atomic mass is 10.2. The smallest absolute Gasteiger partial charge is 0.0826 e. The van der Waals surface area contributed by atoms with Crippen molar-refractivity contribution in [3.05, 3.63) is 0 Å². The van der Waals surface area contributed by atoms with Crippen LogP contribution in [0.2, 0.25) is 0 Å². The molecule has 0 amide bonds. The molecule has 1 saturated heterocycles. The highest BCUT2D eigenvalue weighted by Gasteiger charge is 2.18. The van der Waals surface area contributed by atoms with E-state index >= 15 is 0 Å². The summed E-state index contributed by atoms with van der Waals surface area (Å²) in [6.45, 7) is 10.1. The van der Waals surface area contributed by atoms with E-state index in [-0.39, 0.29) is 0 Å². The van der Waals surface area contributed by atoms with Crippen molar-refractivity contribution in [1.29, 1.82) is 0 Å². The fraction of sp³-hybridized carbons (Fsp3) is 0.833. The van der Waals surface area contributed by atoms with Crippen LogP contribution in [0.4, 0.5) is 0 Å². The number of nitrogens with one attached hydrogen (secondary N) is 1. The van der Waals surface area contributed by atoms with Crippen LogP contribution in [-0.2, 0) is 4.74 Å². The average Bonchev–Trinajstić information content (AvgIpc) is 2.29. The summed E-state index contributed by atoms with van der Waals surface area (Å²) in [5.74, 6) is 5.94. The van der Waals surface area contributed by atoms with E-state index in [4.69, 9.17) is 4.74 Å². The maximum absolute atomic E-state index is 5.68. The SMILES string of the molecule is CC#CCCNCC1CN(CC)CCO1. The maximum Gasteiger partial charge on any atom is 0.0826 e. The van der Waals surface area contributed by atoms with E-state index in [2.05, 4.69) is 29.0 Å². The van der Waals surface area contributed by atoms with Crippen molar-refractivity contribution in [3.8, 4) is 11.8 Å². The molecule has 0 aliphatic carbocycles. The molecule has 0 radical (unpaired) electrons. The van der Waals surface area contributed by atoms with Crippen molar-refractivity contribution in [2.75, 3.05) is 39.3 Å². The van der Waals surface area contributed by atoms with Gasteiger partial charge >= 0.3 is 0 Å². The highest BCUT2D eigenvalue weighted by atomic mass is 16.5. The summed E-state index contributed by atoms with van der Waals surface area (Å²) in [6.07, 6.45) is 1.29. The molecular formula is C12H22N2O. The third-order valence-electron chi connectivity index (χ3n) is 2.65. The van der Waals surface area contributed by atoms with Crippen LogP contribution < -0.4 is 5.32 Å². The maximum atomic E-state index is 5.68. The Hall–Kier alpha value is -0.560. The number of hydrogen-bond donors (Lipinski definition) is 1. The van der Waals surface area contributed by atoms with Gasteiger partial charge in [-0.05, 0) is 13.5 Å². The van der Waals surface area contributed by atoms with Crippen LogP contribution in [0.15, 0.2) is 0 Å². The molecule has 0 bridgehead atoms. The van der Waals surface area contributed by atoms with Crippen LogP contribution in [0.5, 0.6) is 0 Å². The Labute approximate surface area is 93.2 Å². The Balaban J connectivity index is 2.06. The normalized spacial score (nSPS) is 22.1. The first-order valence-electron chi connectivity index (χ1n) is 5.81. The van der Waals surface area contributed by atoms with E-state index in [9.17, 15) is 0 Å². The minimum atomic E-state index is 0.355. The van der Waals surface area contributed by atoms with E-state index < -0.39 is 0 Å². The Bertz CT molecular complexity index is 219. The van der Waals surface area contributed by atoms with Crippen LogP contribution in [0, 0.1) is 11.8 Å². The third kappa shape index (κ3) is 5.17. The Morgan fingerprint density at radius 3 is 3.13 bits per heavy atom. The van der Waals surface area contributed by atoms with Gasteiger partial charge in [-0.15, -0.1) is 11.8 Å². The minimum Gasteiger partial charge on any atom is -0.374 e. The van der Waals surface area contributed by atoms with Crippen molar-refractivity contribution in [2.45, 2.75) is 26.4 Å². The quantitative estimate of drug-likeness (QED) is 0.534. The largest absolute Gasteiger partial charge is 0.374 e.